The maximum Gasteiger partial charge on any atom is 0.319 e. The van der Waals surface area contributed by atoms with Crippen LogP contribution in [0.3, 0.4) is 0 Å². The first-order chi connectivity index (χ1) is 12.2. The summed E-state index contributed by atoms with van der Waals surface area (Å²) in [5.74, 6) is 2.18. The Bertz CT molecular complexity index is 896. The number of aromatic nitrogens is 4. The van der Waals surface area contributed by atoms with Crippen LogP contribution in [0, 0.1) is 0 Å². The first kappa shape index (κ1) is 15.6. The maximum atomic E-state index is 12.0. The molecule has 2 N–H and O–H groups in total. The van der Waals surface area contributed by atoms with Crippen molar-refractivity contribution in [2.75, 3.05) is 11.9 Å². The molecule has 1 aromatic carbocycles. The van der Waals surface area contributed by atoms with Crippen LogP contribution in [0.4, 0.5) is 10.5 Å². The predicted molar refractivity (Wildman–Crippen MR) is 92.4 cm³/mol. The summed E-state index contributed by atoms with van der Waals surface area (Å²) in [6.45, 7) is 3.15. The highest BCUT2D eigenvalue weighted by atomic mass is 16.3. The lowest BCUT2D eigenvalue weighted by atomic mass is 10.3. The van der Waals surface area contributed by atoms with Gasteiger partial charge < -0.3 is 19.6 Å². The summed E-state index contributed by atoms with van der Waals surface area (Å²) in [5.41, 5.74) is 2.23. The van der Waals surface area contributed by atoms with Crippen LogP contribution in [0.2, 0.25) is 0 Å². The van der Waals surface area contributed by atoms with E-state index < -0.39 is 0 Å². The van der Waals surface area contributed by atoms with E-state index in [1.807, 2.05) is 29.7 Å². The summed E-state index contributed by atoms with van der Waals surface area (Å²) in [5, 5.41) is 13.5. The topological polar surface area (TPSA) is 97.9 Å². The van der Waals surface area contributed by atoms with Gasteiger partial charge in [0.1, 0.15) is 17.7 Å². The van der Waals surface area contributed by atoms with E-state index in [1.54, 1.807) is 6.33 Å². The summed E-state index contributed by atoms with van der Waals surface area (Å²) < 4.78 is 7.66. The molecule has 0 spiro atoms. The minimum absolute atomic E-state index is 0.253. The van der Waals surface area contributed by atoms with Crippen LogP contribution in [-0.2, 0) is 13.0 Å². The number of aryl methyl sites for hydroxylation is 1. The number of benzene rings is 1. The maximum absolute atomic E-state index is 12.0. The monoisotopic (exact) mass is 340 g/mol. The lowest BCUT2D eigenvalue weighted by molar-refractivity contribution is 0.251. The van der Waals surface area contributed by atoms with Crippen molar-refractivity contribution in [1.29, 1.82) is 0 Å². The SMILES string of the molecule is CCc1nncn1CCNC(=O)Nc1ccc2oc(C3CC3)nc2c1. The number of rotatable bonds is 6. The van der Waals surface area contributed by atoms with Gasteiger partial charge in [-0.3, -0.25) is 0 Å². The van der Waals surface area contributed by atoms with E-state index in [4.69, 9.17) is 4.42 Å². The van der Waals surface area contributed by atoms with Crippen molar-refractivity contribution in [3.05, 3.63) is 36.2 Å². The number of nitrogens with zero attached hydrogens (tertiary/aromatic N) is 4. The van der Waals surface area contributed by atoms with E-state index in [9.17, 15) is 4.79 Å². The van der Waals surface area contributed by atoms with Crippen molar-refractivity contribution in [2.45, 2.75) is 38.6 Å². The number of carbonyl (C=O) groups excluding carboxylic acids is 1. The van der Waals surface area contributed by atoms with Crippen molar-refractivity contribution < 1.29 is 9.21 Å². The zero-order chi connectivity index (χ0) is 17.2. The molecule has 2 amide bonds. The van der Waals surface area contributed by atoms with Crippen LogP contribution in [0.1, 0.15) is 37.4 Å². The van der Waals surface area contributed by atoms with Gasteiger partial charge in [-0.05, 0) is 31.0 Å². The molecule has 4 rings (SSSR count). The summed E-state index contributed by atoms with van der Waals surface area (Å²) in [6, 6.07) is 5.24. The van der Waals surface area contributed by atoms with Crippen molar-refractivity contribution in [2.24, 2.45) is 0 Å². The zero-order valence-electron chi connectivity index (χ0n) is 14.0. The van der Waals surface area contributed by atoms with Gasteiger partial charge in [-0.15, -0.1) is 10.2 Å². The van der Waals surface area contributed by atoms with Crippen LogP contribution in [-0.4, -0.2) is 32.3 Å². The molecule has 1 aliphatic rings. The fraction of sp³-hybridized carbons (Fsp3) is 0.412. The van der Waals surface area contributed by atoms with Crippen LogP contribution in [0.25, 0.3) is 11.1 Å². The molecule has 2 aromatic heterocycles. The van der Waals surface area contributed by atoms with E-state index in [0.29, 0.717) is 24.7 Å². The Morgan fingerprint density at radius 2 is 2.28 bits per heavy atom. The standard InChI is InChI=1S/C17H20N6O2/c1-2-15-22-19-10-23(15)8-7-18-17(24)20-12-5-6-14-13(9-12)21-16(25-14)11-3-4-11/h5-6,9-11H,2-4,7-8H2,1H3,(H2,18,20,24). The Kier molecular flexibility index (Phi) is 4.09. The van der Waals surface area contributed by atoms with Crippen LogP contribution in [0.15, 0.2) is 28.9 Å². The smallest absolute Gasteiger partial charge is 0.319 e. The van der Waals surface area contributed by atoms with Gasteiger partial charge in [-0.1, -0.05) is 6.92 Å². The fourth-order valence-corrected chi connectivity index (χ4v) is 2.73. The number of fused-ring (bicyclic) bond motifs is 1. The predicted octanol–water partition coefficient (Wildman–Crippen LogP) is 2.68. The Morgan fingerprint density at radius 3 is 3.08 bits per heavy atom. The first-order valence-corrected chi connectivity index (χ1v) is 8.55. The molecule has 0 unspecified atom stereocenters. The molecule has 1 fully saturated rings. The van der Waals surface area contributed by atoms with E-state index >= 15 is 0 Å². The molecule has 8 nitrogen and oxygen atoms in total. The minimum Gasteiger partial charge on any atom is -0.440 e. The highest BCUT2D eigenvalue weighted by Gasteiger charge is 2.28. The van der Waals surface area contributed by atoms with Gasteiger partial charge in [0.15, 0.2) is 11.5 Å². The highest BCUT2D eigenvalue weighted by Crippen LogP contribution is 2.40. The largest absolute Gasteiger partial charge is 0.440 e. The summed E-state index contributed by atoms with van der Waals surface area (Å²) in [6.07, 6.45) is 4.78. The molecule has 130 valence electrons. The van der Waals surface area contributed by atoms with Gasteiger partial charge in [-0.25, -0.2) is 9.78 Å². The lowest BCUT2D eigenvalue weighted by Crippen LogP contribution is -2.31. The molecule has 2 heterocycles. The summed E-state index contributed by atoms with van der Waals surface area (Å²) in [7, 11) is 0. The Morgan fingerprint density at radius 1 is 1.40 bits per heavy atom. The number of hydrogen-bond acceptors (Lipinski definition) is 5. The second kappa shape index (κ2) is 6.54. The number of oxazole rings is 1. The third kappa shape index (κ3) is 3.47. The first-order valence-electron chi connectivity index (χ1n) is 8.55. The van der Waals surface area contributed by atoms with Gasteiger partial charge in [0, 0.05) is 31.1 Å². The van der Waals surface area contributed by atoms with E-state index in [-0.39, 0.29) is 6.03 Å². The normalized spacial score (nSPS) is 14.0. The number of urea groups is 1. The number of carbonyl (C=O) groups is 1. The molecule has 0 atom stereocenters. The molecule has 1 aliphatic carbocycles. The Balaban J connectivity index is 1.33. The lowest BCUT2D eigenvalue weighted by Gasteiger charge is -2.08. The van der Waals surface area contributed by atoms with E-state index in [1.165, 1.54) is 0 Å². The van der Waals surface area contributed by atoms with Crippen molar-refractivity contribution >= 4 is 22.8 Å². The fourth-order valence-electron chi connectivity index (χ4n) is 2.73. The highest BCUT2D eigenvalue weighted by molar-refractivity contribution is 5.91. The molecule has 25 heavy (non-hydrogen) atoms. The van der Waals surface area contributed by atoms with Crippen molar-refractivity contribution in [1.82, 2.24) is 25.1 Å². The van der Waals surface area contributed by atoms with Gasteiger partial charge in [0.25, 0.3) is 0 Å². The molecular formula is C17H20N6O2. The molecule has 0 radical (unpaired) electrons. The van der Waals surface area contributed by atoms with E-state index in [2.05, 4.69) is 25.8 Å². The minimum atomic E-state index is -0.253. The Labute approximate surface area is 144 Å². The van der Waals surface area contributed by atoms with Crippen molar-refractivity contribution in [3.63, 3.8) is 0 Å². The quantitative estimate of drug-likeness (QED) is 0.719. The molecule has 0 bridgehead atoms. The molecule has 8 heteroatoms. The average molecular weight is 340 g/mol. The third-order valence-corrected chi connectivity index (χ3v) is 4.24. The molecule has 1 saturated carbocycles. The molecule has 0 aliphatic heterocycles. The second-order valence-corrected chi connectivity index (χ2v) is 6.18. The van der Waals surface area contributed by atoms with Gasteiger partial charge in [0.05, 0.1) is 0 Å². The summed E-state index contributed by atoms with van der Waals surface area (Å²) in [4.78, 5) is 16.6. The van der Waals surface area contributed by atoms with Crippen molar-refractivity contribution in [3.8, 4) is 0 Å². The number of hydrogen-bond donors (Lipinski definition) is 2. The Hall–Kier alpha value is -2.90. The zero-order valence-corrected chi connectivity index (χ0v) is 14.0. The molecular weight excluding hydrogens is 320 g/mol. The van der Waals surface area contributed by atoms with Crippen LogP contribution >= 0.6 is 0 Å². The number of nitrogens with one attached hydrogen (secondary N) is 2. The number of anilines is 1. The second-order valence-electron chi connectivity index (χ2n) is 6.18. The van der Waals surface area contributed by atoms with Gasteiger partial charge in [-0.2, -0.15) is 0 Å². The van der Waals surface area contributed by atoms with Crippen LogP contribution < -0.4 is 10.6 Å². The van der Waals surface area contributed by atoms with Gasteiger partial charge >= 0.3 is 6.03 Å². The van der Waals surface area contributed by atoms with E-state index in [0.717, 1.165) is 42.1 Å². The molecule has 3 aromatic rings. The summed E-state index contributed by atoms with van der Waals surface area (Å²) >= 11 is 0. The number of amides is 2. The van der Waals surface area contributed by atoms with Crippen LogP contribution in [0.5, 0.6) is 0 Å². The third-order valence-electron chi connectivity index (χ3n) is 4.24. The molecule has 0 saturated heterocycles. The van der Waals surface area contributed by atoms with Gasteiger partial charge in [0.2, 0.25) is 0 Å². The average Bonchev–Trinajstić information content (AvgIpc) is 3.21.